The Morgan fingerprint density at radius 3 is 2.15 bits per heavy atom. The third-order valence-electron chi connectivity index (χ3n) is 8.86. The minimum Gasteiger partial charge on any atom is -0.481 e. The van der Waals surface area contributed by atoms with Crippen LogP contribution in [0.4, 0.5) is 48.5 Å². The summed E-state index contributed by atoms with van der Waals surface area (Å²) in [7, 11) is 1.41. The van der Waals surface area contributed by atoms with E-state index in [0.717, 1.165) is 31.6 Å². The first-order valence-corrected chi connectivity index (χ1v) is 15.9. The van der Waals surface area contributed by atoms with Crippen molar-refractivity contribution in [3.8, 4) is 5.88 Å². The van der Waals surface area contributed by atoms with E-state index in [4.69, 9.17) is 9.47 Å². The van der Waals surface area contributed by atoms with Crippen LogP contribution in [-0.4, -0.2) is 53.9 Å². The molecule has 15 heteroatoms. The van der Waals surface area contributed by atoms with Gasteiger partial charge in [0.05, 0.1) is 60.3 Å². The molecule has 2 atom stereocenters. The summed E-state index contributed by atoms with van der Waals surface area (Å²) in [6.45, 7) is 7.03. The van der Waals surface area contributed by atoms with E-state index in [-0.39, 0.29) is 36.5 Å². The Kier molecular flexibility index (Phi) is 10.2. The van der Waals surface area contributed by atoms with Crippen LogP contribution in [0.25, 0.3) is 0 Å². The van der Waals surface area contributed by atoms with Gasteiger partial charge in [-0.15, -0.1) is 0 Å². The molecular formula is C33H38F6N6O3. The fourth-order valence-electron chi connectivity index (χ4n) is 6.27. The fourth-order valence-corrected chi connectivity index (χ4v) is 6.27. The molecule has 48 heavy (non-hydrogen) atoms. The minimum absolute atomic E-state index is 0.0788. The molecule has 0 saturated carbocycles. The summed E-state index contributed by atoms with van der Waals surface area (Å²) in [4.78, 5) is 32.2. The molecule has 1 unspecified atom stereocenters. The van der Waals surface area contributed by atoms with E-state index < -0.39 is 48.2 Å². The second-order valence-electron chi connectivity index (χ2n) is 12.1. The molecule has 1 fully saturated rings. The zero-order valence-corrected chi connectivity index (χ0v) is 27.1. The molecule has 5 rings (SSSR count). The number of carbonyl (C=O) groups excluding carboxylic acids is 1. The molecule has 3 aromatic rings. The molecule has 1 saturated heterocycles. The van der Waals surface area contributed by atoms with Gasteiger partial charge in [0, 0.05) is 31.7 Å². The van der Waals surface area contributed by atoms with Gasteiger partial charge in [-0.3, -0.25) is 4.90 Å². The van der Waals surface area contributed by atoms with Crippen LogP contribution in [0.2, 0.25) is 0 Å². The number of ether oxygens (including phenoxy) is 2. The van der Waals surface area contributed by atoms with E-state index in [0.29, 0.717) is 35.9 Å². The van der Waals surface area contributed by atoms with Crippen molar-refractivity contribution in [3.05, 3.63) is 65.1 Å². The normalized spacial score (nSPS) is 18.8. The largest absolute Gasteiger partial charge is 0.481 e. The Morgan fingerprint density at radius 2 is 1.60 bits per heavy atom. The van der Waals surface area contributed by atoms with Crippen molar-refractivity contribution in [3.63, 3.8) is 0 Å². The third-order valence-corrected chi connectivity index (χ3v) is 8.86. The Bertz CT molecular complexity index is 1550. The number of aromatic nitrogens is 3. The predicted octanol–water partition coefficient (Wildman–Crippen LogP) is 8.05. The number of benzene rings is 1. The monoisotopic (exact) mass is 680 g/mol. The SMILES string of the molecule is CCOC(=O)N1c2ccc(OC)nc2C(N(Cc2cc(C(F)(F)F)cc(C(F)(F)F)c2)c2ncc(N3CCC(C)CC3)cn2)C[C@H]1CC. The van der Waals surface area contributed by atoms with E-state index >= 15 is 0 Å². The van der Waals surface area contributed by atoms with Gasteiger partial charge in [-0.2, -0.15) is 26.3 Å². The van der Waals surface area contributed by atoms with Crippen LogP contribution in [0, 0.1) is 5.92 Å². The first-order chi connectivity index (χ1) is 22.7. The van der Waals surface area contributed by atoms with Gasteiger partial charge in [-0.1, -0.05) is 13.8 Å². The van der Waals surface area contributed by atoms with Crippen LogP contribution in [0.1, 0.15) is 74.9 Å². The summed E-state index contributed by atoms with van der Waals surface area (Å²) < 4.78 is 93.9. The maximum atomic E-state index is 13.9. The summed E-state index contributed by atoms with van der Waals surface area (Å²) in [6, 6.07) is 3.48. The molecule has 2 aromatic heterocycles. The lowest BCUT2D eigenvalue weighted by Gasteiger charge is -2.43. The summed E-state index contributed by atoms with van der Waals surface area (Å²) in [5.74, 6) is 0.865. The number of nitrogens with zero attached hydrogens (tertiary/aromatic N) is 6. The standard InChI is InChI=1S/C33H38F6N6O3/c1-5-24-16-27(29-26(7-8-28(42-29)47-4)45(24)31(46)48-6-2)44(30-40-17-25(18-41-30)43-11-9-20(3)10-12-43)19-21-13-22(32(34,35)36)15-23(14-21)33(37,38)39/h7-8,13-15,17-18,20,24,27H,5-6,9-12,16,19H2,1-4H3/t24-,27?/m1/s1. The Hall–Kier alpha value is -4.30. The minimum atomic E-state index is -5.02. The van der Waals surface area contributed by atoms with Gasteiger partial charge >= 0.3 is 18.4 Å². The summed E-state index contributed by atoms with van der Waals surface area (Å²) in [6.07, 6.45) is -4.78. The van der Waals surface area contributed by atoms with Crippen LogP contribution < -0.4 is 19.4 Å². The second kappa shape index (κ2) is 14.0. The van der Waals surface area contributed by atoms with Crippen molar-refractivity contribution in [2.75, 3.05) is 41.5 Å². The lowest BCUT2D eigenvalue weighted by Crippen LogP contribution is -2.48. The number of carbonyl (C=O) groups is 1. The van der Waals surface area contributed by atoms with E-state index in [9.17, 15) is 31.1 Å². The van der Waals surface area contributed by atoms with Crippen molar-refractivity contribution < 1.29 is 40.6 Å². The Labute approximate surface area is 274 Å². The van der Waals surface area contributed by atoms with E-state index in [1.54, 1.807) is 36.4 Å². The second-order valence-corrected chi connectivity index (χ2v) is 12.1. The molecule has 0 radical (unpaired) electrons. The Morgan fingerprint density at radius 1 is 0.979 bits per heavy atom. The molecule has 4 heterocycles. The van der Waals surface area contributed by atoms with Crippen LogP contribution in [0.5, 0.6) is 5.88 Å². The number of anilines is 3. The molecular weight excluding hydrogens is 642 g/mol. The molecule has 2 aliphatic heterocycles. The van der Waals surface area contributed by atoms with E-state index in [1.807, 2.05) is 6.92 Å². The molecule has 260 valence electrons. The molecule has 0 spiro atoms. The van der Waals surface area contributed by atoms with E-state index in [1.165, 1.54) is 12.0 Å². The molecule has 0 N–H and O–H groups in total. The van der Waals surface area contributed by atoms with Crippen molar-refractivity contribution >= 4 is 23.4 Å². The van der Waals surface area contributed by atoms with Gasteiger partial charge in [-0.25, -0.2) is 19.7 Å². The number of rotatable bonds is 8. The molecule has 1 amide bonds. The molecule has 0 bridgehead atoms. The highest BCUT2D eigenvalue weighted by Gasteiger charge is 2.42. The lowest BCUT2D eigenvalue weighted by atomic mass is 9.92. The van der Waals surface area contributed by atoms with Crippen LogP contribution >= 0.6 is 0 Å². The average Bonchev–Trinajstić information content (AvgIpc) is 3.06. The highest BCUT2D eigenvalue weighted by atomic mass is 19.4. The summed E-state index contributed by atoms with van der Waals surface area (Å²) >= 11 is 0. The third kappa shape index (κ3) is 7.54. The maximum Gasteiger partial charge on any atom is 0.416 e. The highest BCUT2D eigenvalue weighted by Crippen LogP contribution is 2.44. The van der Waals surface area contributed by atoms with Gasteiger partial charge in [0.25, 0.3) is 0 Å². The zero-order chi connectivity index (χ0) is 34.8. The molecule has 0 aliphatic carbocycles. The van der Waals surface area contributed by atoms with Gasteiger partial charge in [0.1, 0.15) is 0 Å². The smallest absolute Gasteiger partial charge is 0.416 e. The summed E-state index contributed by atoms with van der Waals surface area (Å²) in [5.41, 5.74) is -1.65. The average molecular weight is 681 g/mol. The number of fused-ring (bicyclic) bond motifs is 1. The van der Waals surface area contributed by atoms with Crippen molar-refractivity contribution in [1.82, 2.24) is 15.0 Å². The quantitative estimate of drug-likeness (QED) is 0.221. The molecule has 9 nitrogen and oxygen atoms in total. The highest BCUT2D eigenvalue weighted by molar-refractivity contribution is 5.90. The van der Waals surface area contributed by atoms with Gasteiger partial charge < -0.3 is 19.3 Å². The first kappa shape index (κ1) is 35.0. The topological polar surface area (TPSA) is 83.9 Å². The number of hydrogen-bond acceptors (Lipinski definition) is 8. The Balaban J connectivity index is 1.65. The number of hydrogen-bond donors (Lipinski definition) is 0. The molecule has 2 aliphatic rings. The van der Waals surface area contributed by atoms with Gasteiger partial charge in [-0.05, 0) is 68.4 Å². The lowest BCUT2D eigenvalue weighted by molar-refractivity contribution is -0.143. The number of alkyl halides is 6. The number of halogens is 6. The zero-order valence-electron chi connectivity index (χ0n) is 27.1. The number of pyridine rings is 1. The predicted molar refractivity (Wildman–Crippen MR) is 167 cm³/mol. The van der Waals surface area contributed by atoms with Gasteiger partial charge in [0.15, 0.2) is 0 Å². The van der Waals surface area contributed by atoms with Crippen LogP contribution in [0.3, 0.4) is 0 Å². The van der Waals surface area contributed by atoms with Crippen LogP contribution in [0.15, 0.2) is 42.7 Å². The van der Waals surface area contributed by atoms with Gasteiger partial charge in [0.2, 0.25) is 11.8 Å². The molecule has 1 aromatic carbocycles. The fraction of sp³-hybridized carbons (Fsp3) is 0.515. The van der Waals surface area contributed by atoms with Crippen molar-refractivity contribution in [2.24, 2.45) is 5.92 Å². The number of methoxy groups -OCH3 is 1. The first-order valence-electron chi connectivity index (χ1n) is 15.9. The number of piperidine rings is 1. The van der Waals surface area contributed by atoms with Crippen molar-refractivity contribution in [2.45, 2.75) is 77.4 Å². The number of amides is 1. The maximum absolute atomic E-state index is 13.9. The summed E-state index contributed by atoms with van der Waals surface area (Å²) in [5, 5.41) is 0. The van der Waals surface area contributed by atoms with E-state index in [2.05, 4.69) is 26.8 Å². The van der Waals surface area contributed by atoms with Crippen molar-refractivity contribution in [1.29, 1.82) is 0 Å². The van der Waals surface area contributed by atoms with Crippen LogP contribution in [-0.2, 0) is 23.6 Å².